The van der Waals surface area contributed by atoms with Gasteiger partial charge in [-0.3, -0.25) is 9.79 Å². The fourth-order valence-electron chi connectivity index (χ4n) is 4.21. The highest BCUT2D eigenvalue weighted by Gasteiger charge is 2.31. The minimum atomic E-state index is -0.241. The van der Waals surface area contributed by atoms with Crippen molar-refractivity contribution in [2.24, 2.45) is 10.9 Å². The van der Waals surface area contributed by atoms with Crippen LogP contribution in [0.5, 0.6) is 0 Å². The topological polar surface area (TPSA) is 91.5 Å². The van der Waals surface area contributed by atoms with Gasteiger partial charge in [0.25, 0.3) is 0 Å². The molecule has 8 heteroatoms. The summed E-state index contributed by atoms with van der Waals surface area (Å²) >= 11 is 0. The third-order valence-electron chi connectivity index (χ3n) is 5.69. The van der Waals surface area contributed by atoms with Gasteiger partial charge in [-0.1, -0.05) is 0 Å². The average molecular weight is 393 g/mol. The Morgan fingerprint density at radius 1 is 1.34 bits per heavy atom. The van der Waals surface area contributed by atoms with Crippen molar-refractivity contribution in [1.29, 1.82) is 5.41 Å². The van der Waals surface area contributed by atoms with Crippen LogP contribution in [-0.2, 0) is 22.4 Å². The molecule has 1 aromatic heterocycles. The van der Waals surface area contributed by atoms with Gasteiger partial charge in [0.1, 0.15) is 17.8 Å². The molecular formula is C21H20FN5O2. The summed E-state index contributed by atoms with van der Waals surface area (Å²) in [5.74, 6) is 0.0961. The maximum absolute atomic E-state index is 13.5. The number of anilines is 2. The number of benzene rings is 1. The molecule has 2 aromatic rings. The van der Waals surface area contributed by atoms with E-state index in [1.165, 1.54) is 12.4 Å². The van der Waals surface area contributed by atoms with E-state index in [-0.39, 0.29) is 29.7 Å². The molecule has 1 unspecified atom stereocenters. The van der Waals surface area contributed by atoms with E-state index in [0.717, 1.165) is 29.1 Å². The summed E-state index contributed by atoms with van der Waals surface area (Å²) < 4.78 is 18.8. The van der Waals surface area contributed by atoms with Crippen molar-refractivity contribution in [2.75, 3.05) is 24.7 Å². The van der Waals surface area contributed by atoms with Crippen LogP contribution < -0.4 is 4.90 Å². The van der Waals surface area contributed by atoms with Gasteiger partial charge in [-0.2, -0.15) is 0 Å². The van der Waals surface area contributed by atoms with E-state index in [4.69, 9.17) is 10.1 Å². The second-order valence-corrected chi connectivity index (χ2v) is 7.60. The Balaban J connectivity index is 1.39. The summed E-state index contributed by atoms with van der Waals surface area (Å²) in [6.07, 6.45) is 3.66. The zero-order valence-electron chi connectivity index (χ0n) is 15.8. The summed E-state index contributed by atoms with van der Waals surface area (Å²) in [5, 5.41) is 8.20. The SMILES string of the molecule is N=C(CC1=Nc2c(ncnc2N2CCc3cc(F)ccc32)C1)C(=O)C1CCOC1. The number of nitrogens with one attached hydrogen (secondary N) is 1. The number of aromatic nitrogens is 2. The molecular weight excluding hydrogens is 373 g/mol. The Kier molecular flexibility index (Phi) is 4.43. The number of rotatable bonds is 5. The van der Waals surface area contributed by atoms with Crippen molar-refractivity contribution < 1.29 is 13.9 Å². The van der Waals surface area contributed by atoms with Crippen LogP contribution in [0.3, 0.4) is 0 Å². The number of ether oxygens (including phenoxy) is 1. The van der Waals surface area contributed by atoms with Crippen LogP contribution in [0.2, 0.25) is 0 Å². The van der Waals surface area contributed by atoms with E-state index in [1.807, 2.05) is 4.90 Å². The summed E-state index contributed by atoms with van der Waals surface area (Å²) in [4.78, 5) is 27.9. The number of carbonyl (C=O) groups is 1. The molecule has 3 aliphatic rings. The first-order valence-corrected chi connectivity index (χ1v) is 9.76. The van der Waals surface area contributed by atoms with E-state index in [0.29, 0.717) is 44.1 Å². The zero-order chi connectivity index (χ0) is 20.0. The number of hydrogen-bond acceptors (Lipinski definition) is 7. The van der Waals surface area contributed by atoms with Crippen LogP contribution in [0, 0.1) is 17.1 Å². The Bertz CT molecular complexity index is 1050. The molecule has 5 rings (SSSR count). The molecule has 1 fully saturated rings. The predicted octanol–water partition coefficient (Wildman–Crippen LogP) is 2.95. The number of fused-ring (bicyclic) bond motifs is 2. The fourth-order valence-corrected chi connectivity index (χ4v) is 4.21. The Labute approximate surface area is 167 Å². The summed E-state index contributed by atoms with van der Waals surface area (Å²) in [5.41, 5.74) is 4.18. The Morgan fingerprint density at radius 2 is 2.24 bits per heavy atom. The maximum atomic E-state index is 13.5. The lowest BCUT2D eigenvalue weighted by Crippen LogP contribution is -2.25. The van der Waals surface area contributed by atoms with Crippen molar-refractivity contribution in [2.45, 2.75) is 25.7 Å². The van der Waals surface area contributed by atoms with Crippen molar-refractivity contribution >= 4 is 34.4 Å². The number of halogens is 1. The van der Waals surface area contributed by atoms with Crippen LogP contribution in [0.15, 0.2) is 29.5 Å². The van der Waals surface area contributed by atoms with E-state index >= 15 is 0 Å². The normalized spacial score (nSPS) is 19.8. The third kappa shape index (κ3) is 3.23. The highest BCUT2D eigenvalue weighted by Crippen LogP contribution is 2.41. The largest absolute Gasteiger partial charge is 0.381 e. The number of nitrogens with zero attached hydrogens (tertiary/aromatic N) is 4. The minimum absolute atomic E-state index is 0.0727. The molecule has 4 heterocycles. The second-order valence-electron chi connectivity index (χ2n) is 7.60. The summed E-state index contributed by atoms with van der Waals surface area (Å²) in [7, 11) is 0. The van der Waals surface area contributed by atoms with Gasteiger partial charge in [0.15, 0.2) is 11.6 Å². The molecule has 0 radical (unpaired) electrons. The molecule has 29 heavy (non-hydrogen) atoms. The molecule has 1 N–H and O–H groups in total. The van der Waals surface area contributed by atoms with Gasteiger partial charge in [-0.25, -0.2) is 14.4 Å². The predicted molar refractivity (Wildman–Crippen MR) is 106 cm³/mol. The van der Waals surface area contributed by atoms with E-state index in [2.05, 4.69) is 15.0 Å². The zero-order valence-corrected chi connectivity index (χ0v) is 15.8. The van der Waals surface area contributed by atoms with Gasteiger partial charge < -0.3 is 15.0 Å². The van der Waals surface area contributed by atoms with E-state index < -0.39 is 0 Å². The lowest BCUT2D eigenvalue weighted by Gasteiger charge is -2.19. The van der Waals surface area contributed by atoms with Gasteiger partial charge in [0.05, 0.1) is 18.0 Å². The monoisotopic (exact) mass is 393 g/mol. The Hall–Kier alpha value is -3.00. The molecule has 7 nitrogen and oxygen atoms in total. The smallest absolute Gasteiger partial charge is 0.182 e. The van der Waals surface area contributed by atoms with E-state index in [9.17, 15) is 9.18 Å². The molecule has 0 saturated carbocycles. The quantitative estimate of drug-likeness (QED) is 0.789. The molecule has 148 valence electrons. The molecule has 1 aromatic carbocycles. The first kappa shape index (κ1) is 18.1. The second kappa shape index (κ2) is 7.11. The number of carbonyl (C=O) groups excluding carboxylic acids is 1. The lowest BCUT2D eigenvalue weighted by atomic mass is 9.96. The molecule has 3 aliphatic heterocycles. The third-order valence-corrected chi connectivity index (χ3v) is 5.69. The van der Waals surface area contributed by atoms with Gasteiger partial charge in [-0.15, -0.1) is 0 Å². The highest BCUT2D eigenvalue weighted by atomic mass is 19.1. The van der Waals surface area contributed by atoms with Crippen molar-refractivity contribution in [1.82, 2.24) is 9.97 Å². The standard InChI is InChI=1S/C21H20FN5O2/c22-14-1-2-18-12(7-14)3-5-27(18)21-19-17(24-11-25-21)9-15(26-19)8-16(23)20(28)13-4-6-29-10-13/h1-2,7,11,13,23H,3-6,8-10H2. The van der Waals surface area contributed by atoms with Crippen molar-refractivity contribution in [3.8, 4) is 0 Å². The van der Waals surface area contributed by atoms with Gasteiger partial charge in [0.2, 0.25) is 0 Å². The van der Waals surface area contributed by atoms with Crippen LogP contribution in [0.4, 0.5) is 21.6 Å². The Morgan fingerprint density at radius 3 is 3.07 bits per heavy atom. The fraction of sp³-hybridized carbons (Fsp3) is 0.381. The molecule has 1 saturated heterocycles. The molecule has 0 spiro atoms. The first-order valence-electron chi connectivity index (χ1n) is 9.76. The highest BCUT2D eigenvalue weighted by molar-refractivity contribution is 6.42. The van der Waals surface area contributed by atoms with Gasteiger partial charge >= 0.3 is 0 Å². The number of aliphatic imine (C=N–C) groups is 1. The minimum Gasteiger partial charge on any atom is -0.381 e. The molecule has 0 amide bonds. The van der Waals surface area contributed by atoms with E-state index in [1.54, 1.807) is 12.1 Å². The van der Waals surface area contributed by atoms with Crippen molar-refractivity contribution in [3.63, 3.8) is 0 Å². The van der Waals surface area contributed by atoms with Gasteiger partial charge in [-0.05, 0) is 36.6 Å². The number of Topliss-reactive ketones (excluding diaryl/α,β-unsaturated/α-hetero) is 1. The summed E-state index contributed by atoms with van der Waals surface area (Å²) in [6, 6.07) is 4.78. The van der Waals surface area contributed by atoms with Crippen LogP contribution in [-0.4, -0.2) is 46.9 Å². The maximum Gasteiger partial charge on any atom is 0.182 e. The van der Waals surface area contributed by atoms with Gasteiger partial charge in [0, 0.05) is 43.3 Å². The summed E-state index contributed by atoms with van der Waals surface area (Å²) in [6.45, 7) is 1.68. The first-order chi connectivity index (χ1) is 14.1. The molecule has 0 aliphatic carbocycles. The molecule has 1 atom stereocenters. The van der Waals surface area contributed by atoms with Crippen LogP contribution in [0.25, 0.3) is 0 Å². The van der Waals surface area contributed by atoms with Crippen molar-refractivity contribution in [3.05, 3.63) is 41.6 Å². The number of ketones is 1. The lowest BCUT2D eigenvalue weighted by molar-refractivity contribution is -0.116. The van der Waals surface area contributed by atoms with Crippen LogP contribution in [0.1, 0.15) is 24.1 Å². The van der Waals surface area contributed by atoms with Crippen LogP contribution >= 0.6 is 0 Å². The average Bonchev–Trinajstić information content (AvgIpc) is 3.45. The number of hydrogen-bond donors (Lipinski definition) is 1. The molecule has 0 bridgehead atoms.